The molecule has 3 aromatic rings. The summed E-state index contributed by atoms with van der Waals surface area (Å²) in [7, 11) is 0. The average molecular weight is 496 g/mol. The maximum absolute atomic E-state index is 12.4. The molecule has 1 saturated carbocycles. The fourth-order valence-electron chi connectivity index (χ4n) is 4.15. The van der Waals surface area contributed by atoms with Crippen molar-refractivity contribution in [3.63, 3.8) is 0 Å². The standard InChI is InChI=1S/C26H30ClN5OS/c1-18(2)20-10-8-19(9-11-20)16-28-29-24(33)17-34-26-31-30-25(21-12-14-22(27)15-13-21)32(26)23-6-4-3-5-7-23/h8-16,18,23H,3-7,17H2,1-2H3,(H,29,33). The molecule has 0 spiro atoms. The predicted molar refractivity (Wildman–Crippen MR) is 140 cm³/mol. The number of amides is 1. The first kappa shape index (κ1) is 24.5. The molecule has 1 aromatic heterocycles. The summed E-state index contributed by atoms with van der Waals surface area (Å²) in [6.45, 7) is 4.32. The van der Waals surface area contributed by atoms with Gasteiger partial charge in [-0.3, -0.25) is 9.36 Å². The van der Waals surface area contributed by atoms with Crippen molar-refractivity contribution >= 4 is 35.5 Å². The van der Waals surface area contributed by atoms with Gasteiger partial charge in [-0.15, -0.1) is 10.2 Å². The Morgan fingerprint density at radius 1 is 1.12 bits per heavy atom. The summed E-state index contributed by atoms with van der Waals surface area (Å²) in [5.41, 5.74) is 5.82. The van der Waals surface area contributed by atoms with Crippen LogP contribution in [0.2, 0.25) is 5.02 Å². The molecule has 1 N–H and O–H groups in total. The minimum Gasteiger partial charge on any atom is -0.299 e. The molecule has 178 valence electrons. The number of rotatable bonds is 8. The number of carbonyl (C=O) groups is 1. The fourth-order valence-corrected chi connectivity index (χ4v) is 5.07. The number of aromatic nitrogens is 3. The van der Waals surface area contributed by atoms with Gasteiger partial charge in [-0.05, 0) is 54.2 Å². The van der Waals surface area contributed by atoms with E-state index < -0.39 is 0 Å². The SMILES string of the molecule is CC(C)c1ccc(C=NNC(=O)CSc2nnc(-c3ccc(Cl)cc3)n2C2CCCCC2)cc1. The maximum atomic E-state index is 12.4. The van der Waals surface area contributed by atoms with Crippen LogP contribution in [0.3, 0.4) is 0 Å². The first-order valence-electron chi connectivity index (χ1n) is 11.8. The number of nitrogens with one attached hydrogen (secondary N) is 1. The largest absolute Gasteiger partial charge is 0.299 e. The second kappa shape index (κ2) is 11.7. The summed E-state index contributed by atoms with van der Waals surface area (Å²) in [5.74, 6) is 1.36. The highest BCUT2D eigenvalue weighted by atomic mass is 35.5. The summed E-state index contributed by atoms with van der Waals surface area (Å²) >= 11 is 7.47. The van der Waals surface area contributed by atoms with E-state index in [9.17, 15) is 4.79 Å². The number of carbonyl (C=O) groups excluding carboxylic acids is 1. The molecule has 1 amide bonds. The van der Waals surface area contributed by atoms with Gasteiger partial charge in [-0.25, -0.2) is 5.43 Å². The van der Waals surface area contributed by atoms with Crippen LogP contribution in [0.5, 0.6) is 0 Å². The zero-order valence-corrected chi connectivity index (χ0v) is 21.1. The molecule has 1 aliphatic rings. The van der Waals surface area contributed by atoms with E-state index in [1.165, 1.54) is 36.6 Å². The lowest BCUT2D eigenvalue weighted by Gasteiger charge is -2.25. The van der Waals surface area contributed by atoms with Crippen LogP contribution < -0.4 is 5.43 Å². The molecule has 0 aliphatic heterocycles. The molecule has 34 heavy (non-hydrogen) atoms. The van der Waals surface area contributed by atoms with Crippen LogP contribution in [0.4, 0.5) is 0 Å². The molecule has 4 rings (SSSR count). The van der Waals surface area contributed by atoms with Crippen LogP contribution in [0.15, 0.2) is 58.8 Å². The van der Waals surface area contributed by atoms with Crippen molar-refractivity contribution in [2.75, 3.05) is 5.75 Å². The summed E-state index contributed by atoms with van der Waals surface area (Å²) in [4.78, 5) is 12.4. The van der Waals surface area contributed by atoms with Gasteiger partial charge in [0.2, 0.25) is 0 Å². The average Bonchev–Trinajstić information content (AvgIpc) is 3.28. The first-order valence-corrected chi connectivity index (χ1v) is 13.1. The Bertz CT molecular complexity index is 1120. The normalized spacial score (nSPS) is 14.7. The number of hydrazone groups is 1. The van der Waals surface area contributed by atoms with Crippen molar-refractivity contribution in [3.05, 3.63) is 64.7 Å². The molecule has 0 bridgehead atoms. The number of nitrogens with zero attached hydrogens (tertiary/aromatic N) is 4. The van der Waals surface area contributed by atoms with Crippen molar-refractivity contribution in [3.8, 4) is 11.4 Å². The van der Waals surface area contributed by atoms with Crippen molar-refractivity contribution < 1.29 is 4.79 Å². The lowest BCUT2D eigenvalue weighted by Crippen LogP contribution is -2.20. The molecule has 8 heteroatoms. The van der Waals surface area contributed by atoms with Gasteiger partial charge in [0, 0.05) is 16.6 Å². The monoisotopic (exact) mass is 495 g/mol. The lowest BCUT2D eigenvalue weighted by atomic mass is 9.95. The van der Waals surface area contributed by atoms with E-state index >= 15 is 0 Å². The molecule has 1 heterocycles. The highest BCUT2D eigenvalue weighted by Gasteiger charge is 2.24. The molecule has 1 fully saturated rings. The van der Waals surface area contributed by atoms with Crippen molar-refractivity contribution in [2.24, 2.45) is 5.10 Å². The topological polar surface area (TPSA) is 72.2 Å². The minimum atomic E-state index is -0.175. The van der Waals surface area contributed by atoms with Crippen LogP contribution in [0.25, 0.3) is 11.4 Å². The minimum absolute atomic E-state index is 0.175. The number of hydrogen-bond donors (Lipinski definition) is 1. The Morgan fingerprint density at radius 3 is 2.50 bits per heavy atom. The van der Waals surface area contributed by atoms with Gasteiger partial charge >= 0.3 is 0 Å². The van der Waals surface area contributed by atoms with Gasteiger partial charge in [0.25, 0.3) is 5.91 Å². The Hall–Kier alpha value is -2.64. The molecular formula is C26H30ClN5OS. The zero-order chi connectivity index (χ0) is 23.9. The van der Waals surface area contributed by atoms with Gasteiger partial charge in [-0.2, -0.15) is 5.10 Å². The Labute approximate surface area is 210 Å². The molecule has 2 aromatic carbocycles. The highest BCUT2D eigenvalue weighted by molar-refractivity contribution is 7.99. The molecule has 6 nitrogen and oxygen atoms in total. The highest BCUT2D eigenvalue weighted by Crippen LogP contribution is 2.35. The van der Waals surface area contributed by atoms with Crippen molar-refractivity contribution in [1.29, 1.82) is 0 Å². The maximum Gasteiger partial charge on any atom is 0.250 e. The van der Waals surface area contributed by atoms with E-state index in [1.54, 1.807) is 6.21 Å². The van der Waals surface area contributed by atoms with Crippen molar-refractivity contribution in [1.82, 2.24) is 20.2 Å². The Balaban J connectivity index is 1.41. The lowest BCUT2D eigenvalue weighted by molar-refractivity contribution is -0.118. The van der Waals surface area contributed by atoms with Crippen LogP contribution >= 0.6 is 23.4 Å². The fraction of sp³-hybridized carbons (Fsp3) is 0.385. The third kappa shape index (κ3) is 6.27. The summed E-state index contributed by atoms with van der Waals surface area (Å²) in [6.07, 6.45) is 7.51. The molecule has 1 aliphatic carbocycles. The van der Waals surface area contributed by atoms with E-state index in [4.69, 9.17) is 11.6 Å². The first-order chi connectivity index (χ1) is 16.5. The van der Waals surface area contributed by atoms with Gasteiger partial charge in [0.15, 0.2) is 11.0 Å². The van der Waals surface area contributed by atoms with Crippen LogP contribution in [0, 0.1) is 0 Å². The Kier molecular flexibility index (Phi) is 8.40. The quantitative estimate of drug-likeness (QED) is 0.221. The zero-order valence-electron chi connectivity index (χ0n) is 19.6. The third-order valence-corrected chi connectivity index (χ3v) is 7.24. The van der Waals surface area contributed by atoms with Gasteiger partial charge < -0.3 is 0 Å². The van der Waals surface area contributed by atoms with E-state index in [0.717, 1.165) is 34.9 Å². The van der Waals surface area contributed by atoms with E-state index in [-0.39, 0.29) is 11.7 Å². The smallest absolute Gasteiger partial charge is 0.250 e. The summed E-state index contributed by atoms with van der Waals surface area (Å²) < 4.78 is 2.21. The Morgan fingerprint density at radius 2 is 1.82 bits per heavy atom. The van der Waals surface area contributed by atoms with E-state index in [2.05, 4.69) is 51.3 Å². The third-order valence-electron chi connectivity index (χ3n) is 6.05. The molecule has 0 radical (unpaired) electrons. The predicted octanol–water partition coefficient (Wildman–Crippen LogP) is 6.47. The van der Waals surface area contributed by atoms with E-state index in [1.807, 2.05) is 36.4 Å². The second-order valence-electron chi connectivity index (χ2n) is 8.88. The molecular weight excluding hydrogens is 466 g/mol. The number of hydrogen-bond acceptors (Lipinski definition) is 5. The van der Waals surface area contributed by atoms with Gasteiger partial charge in [0.1, 0.15) is 0 Å². The van der Waals surface area contributed by atoms with Gasteiger partial charge in [0.05, 0.1) is 12.0 Å². The van der Waals surface area contributed by atoms with E-state index in [0.29, 0.717) is 17.0 Å². The molecule has 0 saturated heterocycles. The summed E-state index contributed by atoms with van der Waals surface area (Å²) in [5, 5.41) is 14.5. The molecule has 0 unspecified atom stereocenters. The number of thioether (sulfide) groups is 1. The van der Waals surface area contributed by atoms with Gasteiger partial charge in [-0.1, -0.05) is 80.7 Å². The van der Waals surface area contributed by atoms with Crippen LogP contribution in [0.1, 0.15) is 69.0 Å². The molecule has 0 atom stereocenters. The number of benzene rings is 2. The van der Waals surface area contributed by atoms with Crippen molar-refractivity contribution in [2.45, 2.75) is 63.1 Å². The van der Waals surface area contributed by atoms with Crippen LogP contribution in [-0.4, -0.2) is 32.6 Å². The number of halogens is 1. The van der Waals surface area contributed by atoms with Crippen LogP contribution in [-0.2, 0) is 4.79 Å². The second-order valence-corrected chi connectivity index (χ2v) is 10.3. The summed E-state index contributed by atoms with van der Waals surface area (Å²) in [6, 6.07) is 16.2.